The molecule has 20 heavy (non-hydrogen) atoms. The van der Waals surface area contributed by atoms with Gasteiger partial charge in [0.25, 0.3) is 0 Å². The van der Waals surface area contributed by atoms with Crippen LogP contribution in [-0.2, 0) is 14.8 Å². The summed E-state index contributed by atoms with van der Waals surface area (Å²) in [4.78, 5) is 10.9. The molecule has 1 amide bonds. The van der Waals surface area contributed by atoms with Crippen LogP contribution in [0.25, 0.3) is 0 Å². The fraction of sp³-hybridized carbons (Fsp3) is 0.364. The fourth-order valence-electron chi connectivity index (χ4n) is 2.09. The zero-order valence-corrected chi connectivity index (χ0v) is 12.7. The van der Waals surface area contributed by atoms with Crippen LogP contribution in [0.15, 0.2) is 21.5 Å². The Hall–Kier alpha value is -1.19. The van der Waals surface area contributed by atoms with Crippen molar-refractivity contribution in [3.05, 3.63) is 22.4 Å². The Kier molecular flexibility index (Phi) is 4.03. The first-order valence-corrected chi connectivity index (χ1v) is 8.00. The summed E-state index contributed by atoms with van der Waals surface area (Å²) < 4.78 is 39.3. The second-order valence-corrected chi connectivity index (χ2v) is 7.32. The Morgan fingerprint density at radius 3 is 2.65 bits per heavy atom. The molecule has 1 fully saturated rings. The number of sulfonamides is 1. The molecule has 1 aromatic rings. The van der Waals surface area contributed by atoms with Gasteiger partial charge in [-0.3, -0.25) is 4.79 Å². The Labute approximate surface area is 124 Å². The molecule has 0 bridgehead atoms. The highest BCUT2D eigenvalue weighted by Gasteiger charge is 2.36. The lowest BCUT2D eigenvalue weighted by Crippen LogP contribution is -2.32. The van der Waals surface area contributed by atoms with Crippen LogP contribution < -0.4 is 11.5 Å². The first kappa shape index (κ1) is 15.2. The van der Waals surface area contributed by atoms with Crippen molar-refractivity contribution in [2.45, 2.75) is 11.3 Å². The van der Waals surface area contributed by atoms with Crippen molar-refractivity contribution in [1.29, 1.82) is 0 Å². The second kappa shape index (κ2) is 5.30. The quantitative estimate of drug-likeness (QED) is 0.767. The van der Waals surface area contributed by atoms with Gasteiger partial charge in [-0.25, -0.2) is 12.8 Å². The zero-order valence-electron chi connectivity index (χ0n) is 10.3. The van der Waals surface area contributed by atoms with Crippen molar-refractivity contribution in [3.63, 3.8) is 0 Å². The predicted octanol–water partition coefficient (Wildman–Crippen LogP) is 0.666. The van der Waals surface area contributed by atoms with Gasteiger partial charge in [-0.05, 0) is 34.5 Å². The number of carbonyl (C=O) groups excluding carboxylic acids is 1. The van der Waals surface area contributed by atoms with E-state index in [0.717, 1.165) is 16.4 Å². The lowest BCUT2D eigenvalue weighted by molar-refractivity contribution is -0.121. The largest absolute Gasteiger partial charge is 0.398 e. The molecule has 6 nitrogen and oxygen atoms in total. The first-order chi connectivity index (χ1) is 9.23. The van der Waals surface area contributed by atoms with Gasteiger partial charge in [0.1, 0.15) is 10.7 Å². The average Bonchev–Trinajstić information content (AvgIpc) is 2.83. The molecule has 4 N–H and O–H groups in total. The van der Waals surface area contributed by atoms with Gasteiger partial charge in [0.05, 0.1) is 16.1 Å². The van der Waals surface area contributed by atoms with E-state index in [-0.39, 0.29) is 28.1 Å². The molecule has 1 unspecified atom stereocenters. The minimum absolute atomic E-state index is 0.0101. The molecule has 0 aromatic heterocycles. The van der Waals surface area contributed by atoms with Crippen molar-refractivity contribution in [2.75, 3.05) is 18.8 Å². The van der Waals surface area contributed by atoms with Gasteiger partial charge in [0.15, 0.2) is 0 Å². The van der Waals surface area contributed by atoms with Crippen molar-refractivity contribution in [3.8, 4) is 0 Å². The van der Waals surface area contributed by atoms with E-state index >= 15 is 0 Å². The standard InChI is InChI=1S/C11H13BrFN3O3S/c12-7-3-10(9(14)4-8(7)13)20(18,19)16-2-1-6(5-16)11(15)17/h3-4,6H,1-2,5,14H2,(H2,15,17). The maximum Gasteiger partial charge on any atom is 0.245 e. The molecular weight excluding hydrogens is 353 g/mol. The van der Waals surface area contributed by atoms with Crippen LogP contribution in [0.2, 0.25) is 0 Å². The third-order valence-corrected chi connectivity index (χ3v) is 5.75. The third-order valence-electron chi connectivity index (χ3n) is 3.22. The zero-order chi connectivity index (χ0) is 15.1. The molecular formula is C11H13BrFN3O3S. The second-order valence-electron chi connectivity index (χ2n) is 4.56. The van der Waals surface area contributed by atoms with Gasteiger partial charge in [-0.2, -0.15) is 4.31 Å². The van der Waals surface area contributed by atoms with E-state index in [1.165, 1.54) is 0 Å². The van der Waals surface area contributed by atoms with Crippen LogP contribution in [-0.4, -0.2) is 31.7 Å². The molecule has 0 spiro atoms. The van der Waals surface area contributed by atoms with Crippen LogP contribution in [0.4, 0.5) is 10.1 Å². The summed E-state index contributed by atoms with van der Waals surface area (Å²) in [6.07, 6.45) is 0.372. The van der Waals surface area contributed by atoms with Crippen molar-refractivity contribution in [1.82, 2.24) is 4.31 Å². The average molecular weight is 366 g/mol. The Balaban J connectivity index is 2.37. The van der Waals surface area contributed by atoms with E-state index in [2.05, 4.69) is 15.9 Å². The summed E-state index contributed by atoms with van der Waals surface area (Å²) in [5.41, 5.74) is 10.6. The van der Waals surface area contributed by atoms with Crippen LogP contribution in [0.3, 0.4) is 0 Å². The highest BCUT2D eigenvalue weighted by atomic mass is 79.9. The predicted molar refractivity (Wildman–Crippen MR) is 74.6 cm³/mol. The summed E-state index contributed by atoms with van der Waals surface area (Å²) in [5, 5.41) is 0. The Bertz CT molecular complexity index is 665. The molecule has 2 rings (SSSR count). The maximum absolute atomic E-state index is 13.3. The van der Waals surface area contributed by atoms with Gasteiger partial charge in [0, 0.05) is 13.1 Å². The molecule has 0 radical (unpaired) electrons. The number of benzene rings is 1. The summed E-state index contributed by atoms with van der Waals surface area (Å²) in [5.74, 6) is -1.68. The van der Waals surface area contributed by atoms with Gasteiger partial charge < -0.3 is 11.5 Å². The number of amides is 1. The van der Waals surface area contributed by atoms with Crippen LogP contribution in [0.5, 0.6) is 0 Å². The van der Waals surface area contributed by atoms with E-state index in [1.54, 1.807) is 0 Å². The number of halogens is 2. The normalized spacial score (nSPS) is 20.2. The summed E-state index contributed by atoms with van der Waals surface area (Å²) in [6, 6.07) is 2.07. The topological polar surface area (TPSA) is 106 Å². The molecule has 9 heteroatoms. The third kappa shape index (κ3) is 2.65. The molecule has 0 aliphatic carbocycles. The van der Waals surface area contributed by atoms with Gasteiger partial charge in [-0.15, -0.1) is 0 Å². The van der Waals surface area contributed by atoms with Gasteiger partial charge >= 0.3 is 0 Å². The molecule has 1 aliphatic rings. The number of nitrogens with zero attached hydrogens (tertiary/aromatic N) is 1. The number of nitrogen functional groups attached to an aromatic ring is 1. The van der Waals surface area contributed by atoms with E-state index < -0.39 is 27.7 Å². The van der Waals surface area contributed by atoms with Crippen LogP contribution in [0, 0.1) is 11.7 Å². The summed E-state index contributed by atoms with van der Waals surface area (Å²) in [7, 11) is -3.87. The summed E-state index contributed by atoms with van der Waals surface area (Å²) in [6.45, 7) is 0.205. The lowest BCUT2D eigenvalue weighted by Gasteiger charge is -2.17. The molecule has 1 heterocycles. The van der Waals surface area contributed by atoms with E-state index in [9.17, 15) is 17.6 Å². The maximum atomic E-state index is 13.3. The Morgan fingerprint density at radius 1 is 1.45 bits per heavy atom. The number of carbonyl (C=O) groups is 1. The van der Waals surface area contributed by atoms with Gasteiger partial charge in [-0.1, -0.05) is 0 Å². The van der Waals surface area contributed by atoms with Crippen LogP contribution >= 0.6 is 15.9 Å². The van der Waals surface area contributed by atoms with Crippen molar-refractivity contribution in [2.24, 2.45) is 11.7 Å². The van der Waals surface area contributed by atoms with E-state index in [0.29, 0.717) is 6.42 Å². The lowest BCUT2D eigenvalue weighted by atomic mass is 10.1. The van der Waals surface area contributed by atoms with Crippen LogP contribution in [0.1, 0.15) is 6.42 Å². The first-order valence-electron chi connectivity index (χ1n) is 5.77. The minimum atomic E-state index is -3.87. The van der Waals surface area contributed by atoms with Gasteiger partial charge in [0.2, 0.25) is 15.9 Å². The highest BCUT2D eigenvalue weighted by Crippen LogP contribution is 2.31. The van der Waals surface area contributed by atoms with Crippen molar-refractivity contribution >= 4 is 37.5 Å². The number of hydrogen-bond donors (Lipinski definition) is 2. The Morgan fingerprint density at radius 2 is 2.10 bits per heavy atom. The molecule has 0 saturated carbocycles. The number of hydrogen-bond acceptors (Lipinski definition) is 4. The number of primary amides is 1. The number of anilines is 1. The molecule has 110 valence electrons. The smallest absolute Gasteiger partial charge is 0.245 e. The fourth-order valence-corrected chi connectivity index (χ4v) is 4.20. The SMILES string of the molecule is NC(=O)C1CCN(S(=O)(=O)c2cc(Br)c(F)cc2N)C1. The van der Waals surface area contributed by atoms with Crippen molar-refractivity contribution < 1.29 is 17.6 Å². The molecule has 1 aromatic carbocycles. The highest BCUT2D eigenvalue weighted by molar-refractivity contribution is 9.10. The van der Waals surface area contributed by atoms with E-state index in [4.69, 9.17) is 11.5 Å². The number of rotatable bonds is 3. The molecule has 1 atom stereocenters. The molecule has 1 saturated heterocycles. The summed E-state index contributed by atoms with van der Waals surface area (Å²) >= 11 is 2.93. The van der Waals surface area contributed by atoms with E-state index in [1.807, 2.05) is 0 Å². The monoisotopic (exact) mass is 365 g/mol. The minimum Gasteiger partial charge on any atom is -0.398 e. The molecule has 1 aliphatic heterocycles. The number of nitrogens with two attached hydrogens (primary N) is 2.